The lowest BCUT2D eigenvalue weighted by molar-refractivity contribution is -0.148. The lowest BCUT2D eigenvalue weighted by Crippen LogP contribution is -2.49. The Morgan fingerprint density at radius 2 is 2.05 bits per heavy atom. The van der Waals surface area contributed by atoms with Crippen molar-refractivity contribution in [2.24, 2.45) is 11.7 Å². The second-order valence-electron chi connectivity index (χ2n) is 5.26. The maximum absolute atomic E-state index is 12.7. The summed E-state index contributed by atoms with van der Waals surface area (Å²) in [5.74, 6) is -1.12. The molecule has 9 heteroatoms. The van der Waals surface area contributed by atoms with E-state index in [9.17, 15) is 18.0 Å². The van der Waals surface area contributed by atoms with Crippen LogP contribution in [-0.2, 0) is 24.1 Å². The quantitative estimate of drug-likeness (QED) is 0.904. The smallest absolute Gasteiger partial charge is 0.332 e. The zero-order valence-electron chi connectivity index (χ0n) is 11.9. The molecule has 0 saturated carbocycles. The van der Waals surface area contributed by atoms with Crippen LogP contribution < -0.4 is 5.73 Å². The predicted molar refractivity (Wildman–Crippen MR) is 67.9 cm³/mol. The molecule has 1 aromatic rings. The number of halogens is 3. The van der Waals surface area contributed by atoms with Crippen molar-refractivity contribution >= 4 is 5.91 Å². The summed E-state index contributed by atoms with van der Waals surface area (Å²) in [6.45, 7) is 4.01. The lowest BCUT2D eigenvalue weighted by Gasteiger charge is -2.31. The fourth-order valence-electron chi connectivity index (χ4n) is 2.26. The van der Waals surface area contributed by atoms with Crippen molar-refractivity contribution in [3.8, 4) is 0 Å². The molecule has 6 nitrogen and oxygen atoms in total. The van der Waals surface area contributed by atoms with Gasteiger partial charge in [0.25, 0.3) is 0 Å². The van der Waals surface area contributed by atoms with E-state index in [0.29, 0.717) is 0 Å². The van der Waals surface area contributed by atoms with Crippen LogP contribution in [0.5, 0.6) is 0 Å². The molecule has 118 valence electrons. The van der Waals surface area contributed by atoms with Crippen molar-refractivity contribution in [1.29, 1.82) is 0 Å². The Morgan fingerprint density at radius 1 is 1.38 bits per heavy atom. The molecule has 2 heterocycles. The molecule has 0 aromatic carbocycles. The van der Waals surface area contributed by atoms with Crippen LogP contribution >= 0.6 is 0 Å². The van der Waals surface area contributed by atoms with E-state index in [4.69, 9.17) is 5.73 Å². The number of hydrogen-bond donors (Lipinski definition) is 1. The van der Waals surface area contributed by atoms with Crippen LogP contribution in [0.1, 0.15) is 31.9 Å². The third-order valence-corrected chi connectivity index (χ3v) is 3.86. The van der Waals surface area contributed by atoms with Gasteiger partial charge in [-0.3, -0.25) is 4.79 Å². The lowest BCUT2D eigenvalue weighted by atomic mass is 9.98. The highest BCUT2D eigenvalue weighted by atomic mass is 19.4. The highest BCUT2D eigenvalue weighted by Gasteiger charge is 2.40. The molecule has 1 aliphatic rings. The summed E-state index contributed by atoms with van der Waals surface area (Å²) >= 11 is 0. The highest BCUT2D eigenvalue weighted by molar-refractivity contribution is 5.82. The van der Waals surface area contributed by atoms with Crippen LogP contribution in [0.3, 0.4) is 0 Å². The Bertz CT molecular complexity index is 527. The van der Waals surface area contributed by atoms with Gasteiger partial charge in [-0.1, -0.05) is 20.3 Å². The first-order valence-corrected chi connectivity index (χ1v) is 6.79. The van der Waals surface area contributed by atoms with E-state index in [0.717, 1.165) is 11.0 Å². The molecule has 2 N–H and O–H groups in total. The average molecular weight is 305 g/mol. The molecule has 2 unspecified atom stereocenters. The number of carbonyl (C=O) groups is 1. The number of hydrogen-bond acceptors (Lipinski definition) is 4. The summed E-state index contributed by atoms with van der Waals surface area (Å²) < 4.78 is 39.2. The fourth-order valence-corrected chi connectivity index (χ4v) is 2.26. The second-order valence-corrected chi connectivity index (χ2v) is 5.26. The van der Waals surface area contributed by atoms with Crippen LogP contribution in [0.2, 0.25) is 0 Å². The predicted octanol–water partition coefficient (Wildman–Crippen LogP) is 1.01. The summed E-state index contributed by atoms with van der Waals surface area (Å²) in [6.07, 6.45) is -3.78. The van der Waals surface area contributed by atoms with Gasteiger partial charge in [0.2, 0.25) is 11.7 Å². The number of fused-ring (bicyclic) bond motifs is 1. The number of carbonyl (C=O) groups excluding carboxylic acids is 1. The zero-order chi connectivity index (χ0) is 15.8. The van der Waals surface area contributed by atoms with Crippen molar-refractivity contribution in [2.75, 3.05) is 6.54 Å². The van der Waals surface area contributed by atoms with Gasteiger partial charge < -0.3 is 15.2 Å². The Labute approximate surface area is 120 Å². The molecular formula is C12H18F3N5O. The molecule has 0 bridgehead atoms. The van der Waals surface area contributed by atoms with Crippen molar-refractivity contribution in [1.82, 2.24) is 19.7 Å². The monoisotopic (exact) mass is 305 g/mol. The second kappa shape index (κ2) is 5.63. The van der Waals surface area contributed by atoms with Crippen molar-refractivity contribution in [3.63, 3.8) is 0 Å². The summed E-state index contributed by atoms with van der Waals surface area (Å²) in [5, 5.41) is 6.72. The standard InChI is InChI=1S/C12H18F3N5O/c1-3-7(2)9(16)10(21)19-4-5-20-8(6-19)17-18-11(20)12(13,14)15/h7,9H,3-6,16H2,1-2H3. The van der Waals surface area contributed by atoms with Crippen molar-refractivity contribution in [3.05, 3.63) is 11.6 Å². The molecule has 0 fully saturated rings. The van der Waals surface area contributed by atoms with Crippen molar-refractivity contribution < 1.29 is 18.0 Å². The molecule has 1 aromatic heterocycles. The van der Waals surface area contributed by atoms with Gasteiger partial charge in [0.15, 0.2) is 5.82 Å². The number of aromatic nitrogens is 3. The number of alkyl halides is 3. The summed E-state index contributed by atoms with van der Waals surface area (Å²) in [7, 11) is 0. The van der Waals surface area contributed by atoms with Gasteiger partial charge in [-0.2, -0.15) is 13.2 Å². The first-order valence-electron chi connectivity index (χ1n) is 6.79. The summed E-state index contributed by atoms with van der Waals surface area (Å²) in [4.78, 5) is 13.7. The Morgan fingerprint density at radius 3 is 2.62 bits per heavy atom. The van der Waals surface area contributed by atoms with E-state index < -0.39 is 18.0 Å². The molecule has 21 heavy (non-hydrogen) atoms. The maximum Gasteiger partial charge on any atom is 0.451 e. The maximum atomic E-state index is 12.7. The minimum Gasteiger partial charge on any atom is -0.332 e. The van der Waals surface area contributed by atoms with Gasteiger partial charge in [-0.25, -0.2) is 0 Å². The Hall–Kier alpha value is -1.64. The van der Waals surface area contributed by atoms with Gasteiger partial charge in [-0.15, -0.1) is 10.2 Å². The summed E-state index contributed by atoms with van der Waals surface area (Å²) in [5.41, 5.74) is 5.88. The van der Waals surface area contributed by atoms with E-state index in [2.05, 4.69) is 10.2 Å². The van der Waals surface area contributed by atoms with Crippen LogP contribution in [0.4, 0.5) is 13.2 Å². The van der Waals surface area contributed by atoms with E-state index in [1.165, 1.54) is 4.90 Å². The van der Waals surface area contributed by atoms with E-state index in [1.54, 1.807) is 0 Å². The first-order chi connectivity index (χ1) is 9.75. The number of nitrogens with two attached hydrogens (primary N) is 1. The van der Waals surface area contributed by atoms with E-state index >= 15 is 0 Å². The van der Waals surface area contributed by atoms with Gasteiger partial charge in [0.05, 0.1) is 12.6 Å². The molecule has 0 spiro atoms. The molecule has 2 atom stereocenters. The SMILES string of the molecule is CCC(C)C(N)C(=O)N1CCn2c(nnc2C(F)(F)F)C1. The topological polar surface area (TPSA) is 77.0 Å². The third kappa shape index (κ3) is 3.02. The average Bonchev–Trinajstić information content (AvgIpc) is 2.87. The van der Waals surface area contributed by atoms with Gasteiger partial charge >= 0.3 is 6.18 Å². The molecule has 1 aliphatic heterocycles. The number of amides is 1. The van der Waals surface area contributed by atoms with Crippen LogP contribution in [0, 0.1) is 5.92 Å². The first kappa shape index (κ1) is 15.7. The van der Waals surface area contributed by atoms with E-state index in [-0.39, 0.29) is 37.3 Å². The molecule has 0 radical (unpaired) electrons. The third-order valence-electron chi connectivity index (χ3n) is 3.86. The van der Waals surface area contributed by atoms with Gasteiger partial charge in [0, 0.05) is 13.1 Å². The van der Waals surface area contributed by atoms with E-state index in [1.807, 2.05) is 13.8 Å². The minimum atomic E-state index is -4.54. The number of nitrogens with zero attached hydrogens (tertiary/aromatic N) is 4. The fraction of sp³-hybridized carbons (Fsp3) is 0.750. The highest BCUT2D eigenvalue weighted by Crippen LogP contribution is 2.29. The summed E-state index contributed by atoms with van der Waals surface area (Å²) in [6, 6.07) is -0.647. The molecule has 1 amide bonds. The number of rotatable bonds is 3. The van der Waals surface area contributed by atoms with Crippen molar-refractivity contribution in [2.45, 2.75) is 45.6 Å². The molecule has 0 saturated heterocycles. The van der Waals surface area contributed by atoms with Gasteiger partial charge in [-0.05, 0) is 5.92 Å². The molecule has 0 aliphatic carbocycles. The molecule has 2 rings (SSSR count). The minimum absolute atomic E-state index is 0.00600. The molecular weight excluding hydrogens is 287 g/mol. The normalized spacial score (nSPS) is 18.3. The largest absolute Gasteiger partial charge is 0.451 e. The Kier molecular flexibility index (Phi) is 4.22. The zero-order valence-corrected chi connectivity index (χ0v) is 11.9. The van der Waals surface area contributed by atoms with Crippen LogP contribution in [0.25, 0.3) is 0 Å². The Balaban J connectivity index is 2.14. The van der Waals surface area contributed by atoms with Gasteiger partial charge in [0.1, 0.15) is 0 Å². The van der Waals surface area contributed by atoms with Crippen LogP contribution in [-0.4, -0.2) is 38.2 Å². The van der Waals surface area contributed by atoms with Crippen LogP contribution in [0.15, 0.2) is 0 Å².